The molecule has 1 aliphatic rings. The number of aryl methyl sites for hydroxylation is 2. The molecule has 0 saturated carbocycles. The Hall–Kier alpha value is -0.860. The van der Waals surface area contributed by atoms with Gasteiger partial charge in [-0.15, -0.1) is 0 Å². The molecule has 1 aliphatic heterocycles. The Balaban J connectivity index is 2.22. The first-order valence-electron chi connectivity index (χ1n) is 6.47. The molecule has 2 nitrogen and oxygen atoms in total. The van der Waals surface area contributed by atoms with Crippen LogP contribution in [0.1, 0.15) is 36.1 Å². The van der Waals surface area contributed by atoms with E-state index in [9.17, 15) is 0 Å². The molecule has 3 atom stereocenters. The summed E-state index contributed by atoms with van der Waals surface area (Å²) in [5, 5.41) is 3.46. The maximum atomic E-state index is 5.69. The first-order valence-corrected chi connectivity index (χ1v) is 6.47. The third-order valence-electron chi connectivity index (χ3n) is 3.62. The van der Waals surface area contributed by atoms with Crippen molar-refractivity contribution < 1.29 is 4.74 Å². The minimum absolute atomic E-state index is 0.404. The molecule has 2 rings (SSSR count). The summed E-state index contributed by atoms with van der Waals surface area (Å²) in [6.07, 6.45) is 1.56. The van der Waals surface area contributed by atoms with Gasteiger partial charge in [-0.2, -0.15) is 0 Å². The summed E-state index contributed by atoms with van der Waals surface area (Å²) in [4.78, 5) is 0. The highest BCUT2D eigenvalue weighted by Crippen LogP contribution is 2.32. The summed E-state index contributed by atoms with van der Waals surface area (Å²) < 4.78 is 5.69. The summed E-state index contributed by atoms with van der Waals surface area (Å²) in [5.74, 6) is 0.594. The van der Waals surface area contributed by atoms with Gasteiger partial charge in [-0.3, -0.25) is 0 Å². The fraction of sp³-hybridized carbons (Fsp3) is 0.600. The molecule has 17 heavy (non-hydrogen) atoms. The van der Waals surface area contributed by atoms with Crippen molar-refractivity contribution in [1.29, 1.82) is 0 Å². The van der Waals surface area contributed by atoms with Gasteiger partial charge >= 0.3 is 0 Å². The minimum Gasteiger partial charge on any atom is -0.378 e. The van der Waals surface area contributed by atoms with Crippen molar-refractivity contribution in [2.75, 3.05) is 13.7 Å². The van der Waals surface area contributed by atoms with Gasteiger partial charge in [0.1, 0.15) is 0 Å². The average molecular weight is 233 g/mol. The first kappa shape index (κ1) is 12.6. The van der Waals surface area contributed by atoms with E-state index < -0.39 is 0 Å². The molecule has 0 spiro atoms. The third-order valence-corrected chi connectivity index (χ3v) is 3.62. The normalized spacial score (nSPS) is 26.1. The second-order valence-electron chi connectivity index (χ2n) is 5.33. The van der Waals surface area contributed by atoms with Crippen molar-refractivity contribution in [3.63, 3.8) is 0 Å². The van der Waals surface area contributed by atoms with Gasteiger partial charge in [0.05, 0.1) is 12.7 Å². The largest absolute Gasteiger partial charge is 0.378 e. The SMILES string of the molecule is CNC(c1cc(C)cc(C)c1)C1COC(C)C1. The molecule has 1 N–H and O–H groups in total. The van der Waals surface area contributed by atoms with Crippen molar-refractivity contribution in [2.24, 2.45) is 5.92 Å². The molecule has 0 aliphatic carbocycles. The van der Waals surface area contributed by atoms with Crippen LogP contribution in [-0.2, 0) is 4.74 Å². The van der Waals surface area contributed by atoms with Crippen LogP contribution in [0.3, 0.4) is 0 Å². The van der Waals surface area contributed by atoms with Crippen molar-refractivity contribution in [1.82, 2.24) is 5.32 Å². The predicted octanol–water partition coefficient (Wildman–Crippen LogP) is 2.99. The van der Waals surface area contributed by atoms with Crippen molar-refractivity contribution in [3.8, 4) is 0 Å². The van der Waals surface area contributed by atoms with Crippen LogP contribution in [0.2, 0.25) is 0 Å². The molecule has 2 heteroatoms. The Labute approximate surface area is 104 Å². The quantitative estimate of drug-likeness (QED) is 0.866. The van der Waals surface area contributed by atoms with Crippen molar-refractivity contribution in [2.45, 2.75) is 39.3 Å². The molecule has 1 heterocycles. The highest BCUT2D eigenvalue weighted by atomic mass is 16.5. The van der Waals surface area contributed by atoms with Crippen molar-refractivity contribution in [3.05, 3.63) is 34.9 Å². The smallest absolute Gasteiger partial charge is 0.0551 e. The monoisotopic (exact) mass is 233 g/mol. The molecular formula is C15H23NO. The number of ether oxygens (including phenoxy) is 1. The highest BCUT2D eigenvalue weighted by molar-refractivity contribution is 5.31. The van der Waals surface area contributed by atoms with Gasteiger partial charge in [0.25, 0.3) is 0 Å². The van der Waals surface area contributed by atoms with Crippen LogP contribution < -0.4 is 5.32 Å². The van der Waals surface area contributed by atoms with Crippen LogP contribution in [0.15, 0.2) is 18.2 Å². The number of rotatable bonds is 3. The summed E-state index contributed by atoms with van der Waals surface area (Å²) in [7, 11) is 2.05. The van der Waals surface area contributed by atoms with Crippen molar-refractivity contribution >= 4 is 0 Å². The average Bonchev–Trinajstić information content (AvgIpc) is 2.64. The van der Waals surface area contributed by atoms with Gasteiger partial charge in [-0.05, 0) is 39.8 Å². The molecule has 1 saturated heterocycles. The lowest BCUT2D eigenvalue weighted by molar-refractivity contribution is 0.117. The topological polar surface area (TPSA) is 21.3 Å². The molecule has 3 unspecified atom stereocenters. The highest BCUT2D eigenvalue weighted by Gasteiger charge is 2.29. The summed E-state index contributed by atoms with van der Waals surface area (Å²) in [6, 6.07) is 7.22. The van der Waals surface area contributed by atoms with Crippen LogP contribution in [-0.4, -0.2) is 19.8 Å². The van der Waals surface area contributed by atoms with E-state index in [4.69, 9.17) is 4.74 Å². The Morgan fingerprint density at radius 1 is 1.24 bits per heavy atom. The van der Waals surface area contributed by atoms with Crippen LogP contribution in [0, 0.1) is 19.8 Å². The Morgan fingerprint density at radius 2 is 1.88 bits per heavy atom. The minimum atomic E-state index is 0.404. The molecule has 1 aromatic carbocycles. The van der Waals surface area contributed by atoms with Gasteiger partial charge in [0.15, 0.2) is 0 Å². The van der Waals surface area contributed by atoms with E-state index in [1.807, 2.05) is 7.05 Å². The molecule has 0 radical (unpaired) electrons. The van der Waals surface area contributed by atoms with E-state index in [1.165, 1.54) is 16.7 Å². The lowest BCUT2D eigenvalue weighted by atomic mass is 9.89. The van der Waals surface area contributed by atoms with Gasteiger partial charge in [0.2, 0.25) is 0 Å². The molecule has 0 amide bonds. The van der Waals surface area contributed by atoms with E-state index in [0.29, 0.717) is 18.1 Å². The zero-order valence-corrected chi connectivity index (χ0v) is 11.3. The molecule has 1 fully saturated rings. The van der Waals surface area contributed by atoms with Gasteiger partial charge in [0, 0.05) is 12.0 Å². The van der Waals surface area contributed by atoms with E-state index in [0.717, 1.165) is 13.0 Å². The third kappa shape index (κ3) is 2.88. The first-order chi connectivity index (χ1) is 8.10. The van der Waals surface area contributed by atoms with E-state index in [2.05, 4.69) is 44.3 Å². The summed E-state index contributed by atoms with van der Waals surface area (Å²) >= 11 is 0. The van der Waals surface area contributed by atoms with Gasteiger partial charge < -0.3 is 10.1 Å². The maximum Gasteiger partial charge on any atom is 0.0551 e. The van der Waals surface area contributed by atoms with Crippen LogP contribution in [0.25, 0.3) is 0 Å². The maximum absolute atomic E-state index is 5.69. The van der Waals surface area contributed by atoms with E-state index in [1.54, 1.807) is 0 Å². The lowest BCUT2D eigenvalue weighted by Gasteiger charge is -2.23. The van der Waals surface area contributed by atoms with Crippen LogP contribution >= 0.6 is 0 Å². The van der Waals surface area contributed by atoms with E-state index in [-0.39, 0.29) is 0 Å². The molecule has 0 bridgehead atoms. The lowest BCUT2D eigenvalue weighted by Crippen LogP contribution is -2.25. The van der Waals surface area contributed by atoms with Gasteiger partial charge in [-0.1, -0.05) is 29.3 Å². The Kier molecular flexibility index (Phi) is 3.85. The molecule has 0 aromatic heterocycles. The fourth-order valence-electron chi connectivity index (χ4n) is 2.95. The number of benzene rings is 1. The van der Waals surface area contributed by atoms with E-state index >= 15 is 0 Å². The zero-order valence-electron chi connectivity index (χ0n) is 11.3. The molecular weight excluding hydrogens is 210 g/mol. The Morgan fingerprint density at radius 3 is 2.35 bits per heavy atom. The number of hydrogen-bond acceptors (Lipinski definition) is 2. The second kappa shape index (κ2) is 5.19. The van der Waals surface area contributed by atoms with Crippen LogP contribution in [0.4, 0.5) is 0 Å². The predicted molar refractivity (Wildman–Crippen MR) is 71.2 cm³/mol. The molecule has 1 aromatic rings. The zero-order chi connectivity index (χ0) is 12.4. The Bertz CT molecular complexity index is 368. The van der Waals surface area contributed by atoms with Crippen LogP contribution in [0.5, 0.6) is 0 Å². The van der Waals surface area contributed by atoms with Gasteiger partial charge in [-0.25, -0.2) is 0 Å². The molecule has 94 valence electrons. The number of nitrogens with one attached hydrogen (secondary N) is 1. The number of hydrogen-bond donors (Lipinski definition) is 1. The summed E-state index contributed by atoms with van der Waals surface area (Å²) in [5.41, 5.74) is 4.08. The summed E-state index contributed by atoms with van der Waals surface area (Å²) in [6.45, 7) is 7.36. The second-order valence-corrected chi connectivity index (χ2v) is 5.33. The standard InChI is InChI=1S/C15H23NO/c1-10-5-11(2)7-13(6-10)15(16-4)14-8-12(3)17-9-14/h5-7,12,14-16H,8-9H2,1-4H3. The fourth-order valence-corrected chi connectivity index (χ4v) is 2.95.